The summed E-state index contributed by atoms with van der Waals surface area (Å²) < 4.78 is 35.1. The first-order valence-corrected chi connectivity index (χ1v) is 52.0. The lowest BCUT2D eigenvalue weighted by atomic mass is 9.75. The summed E-state index contributed by atoms with van der Waals surface area (Å²) in [5.41, 5.74) is -20.9. The van der Waals surface area contributed by atoms with Gasteiger partial charge < -0.3 is 151 Å². The molecule has 0 saturated heterocycles. The highest BCUT2D eigenvalue weighted by molar-refractivity contribution is 5.65. The Balaban J connectivity index is 0.000000900. The van der Waals surface area contributed by atoms with Gasteiger partial charge in [0, 0.05) is 66.8 Å². The smallest absolute Gasteiger partial charge is 0.132 e. The molecule has 0 spiro atoms. The molecular formula is C120H204O30. The predicted molar refractivity (Wildman–Crippen MR) is 592 cm³/mol. The fourth-order valence-corrected chi connectivity index (χ4v) is 18.8. The van der Waals surface area contributed by atoms with Crippen molar-refractivity contribution in [2.75, 3.05) is 39.6 Å². The minimum Gasteiger partial charge on any atom is -0.493 e. The van der Waals surface area contributed by atoms with Gasteiger partial charge in [-0.25, -0.2) is 0 Å². The summed E-state index contributed by atoms with van der Waals surface area (Å²) in [5, 5.41) is 258. The largest absolute Gasteiger partial charge is 0.493 e. The molecule has 30 heteroatoms. The second kappa shape index (κ2) is 47.1. The Labute approximate surface area is 898 Å². The first-order chi connectivity index (χ1) is 65.5. The fourth-order valence-electron chi connectivity index (χ4n) is 18.8. The molecule has 864 valence electrons. The second-order valence-corrected chi connectivity index (χ2v) is 52.3. The van der Waals surface area contributed by atoms with Crippen LogP contribution in [-0.4, -0.2) is 162 Å². The van der Waals surface area contributed by atoms with Crippen molar-refractivity contribution in [2.24, 2.45) is 0 Å². The zero-order chi connectivity index (χ0) is 120. The van der Waals surface area contributed by atoms with E-state index in [9.17, 15) is 123 Å². The standard InChI is InChI=1S/6C20H34O5/c6*1-10-25-16-14(19(6,7)23)12(17(2,3)21)11-13(18(4,5)22)15(16)20(8,9)24/h6*11,21-24H,10H2,1-9H3. The Morgan fingerprint density at radius 1 is 0.113 bits per heavy atom. The maximum Gasteiger partial charge on any atom is 0.132 e. The lowest BCUT2D eigenvalue weighted by molar-refractivity contribution is 0.0369. The van der Waals surface area contributed by atoms with Crippen molar-refractivity contribution >= 4 is 0 Å². The highest BCUT2D eigenvalue weighted by atomic mass is 16.5. The van der Waals surface area contributed by atoms with E-state index in [4.69, 9.17) is 28.4 Å². The number of hydrogen-bond acceptors (Lipinski definition) is 30. The monoisotopic (exact) mass is 2130 g/mol. The Bertz CT molecular complexity index is 4300. The third-order valence-electron chi connectivity index (χ3n) is 24.7. The Hall–Kier alpha value is -6.84. The van der Waals surface area contributed by atoms with Gasteiger partial charge in [-0.3, -0.25) is 0 Å². The molecule has 0 bridgehead atoms. The summed E-state index contributed by atoms with van der Waals surface area (Å²) in [5.74, 6) is 1.83. The van der Waals surface area contributed by atoms with Crippen LogP contribution in [0.3, 0.4) is 0 Å². The molecular weight excluding hydrogens is 1920 g/mol. The third-order valence-corrected chi connectivity index (χ3v) is 24.7. The van der Waals surface area contributed by atoms with E-state index in [1.807, 2.05) is 41.5 Å². The molecule has 30 nitrogen and oxygen atoms in total. The van der Waals surface area contributed by atoms with Crippen molar-refractivity contribution in [2.45, 2.75) is 508 Å². The Kier molecular flexibility index (Phi) is 44.4. The highest BCUT2D eigenvalue weighted by Crippen LogP contribution is 2.57. The van der Waals surface area contributed by atoms with Gasteiger partial charge in [-0.2, -0.15) is 0 Å². The van der Waals surface area contributed by atoms with Crippen LogP contribution >= 0.6 is 0 Å². The molecule has 6 aromatic carbocycles. The van der Waals surface area contributed by atoms with Crippen molar-refractivity contribution in [3.05, 3.63) is 170 Å². The molecule has 24 N–H and O–H groups in total. The third kappa shape index (κ3) is 36.6. The topological polar surface area (TPSA) is 541 Å². The van der Waals surface area contributed by atoms with Crippen LogP contribution in [-0.2, 0) is 134 Å². The lowest BCUT2D eigenvalue weighted by Crippen LogP contribution is -2.33. The van der Waals surface area contributed by atoms with Crippen molar-refractivity contribution in [3.8, 4) is 34.5 Å². The van der Waals surface area contributed by atoms with Crippen LogP contribution in [0.25, 0.3) is 0 Å². The summed E-state index contributed by atoms with van der Waals surface area (Å²) in [6.07, 6.45) is 0. The van der Waals surface area contributed by atoms with E-state index in [1.54, 1.807) is 369 Å². The molecule has 0 aliphatic rings. The molecule has 0 unspecified atom stereocenters. The molecule has 6 rings (SSSR count). The molecule has 0 saturated carbocycles. The summed E-state index contributed by atoms with van der Waals surface area (Å²) >= 11 is 0. The van der Waals surface area contributed by atoms with Gasteiger partial charge in [0.05, 0.1) is 174 Å². The van der Waals surface area contributed by atoms with Gasteiger partial charge in [0.15, 0.2) is 0 Å². The van der Waals surface area contributed by atoms with Gasteiger partial charge >= 0.3 is 0 Å². The molecule has 150 heavy (non-hydrogen) atoms. The number of benzene rings is 6. The minimum atomic E-state index is -1.32. The quantitative estimate of drug-likeness (QED) is 0.0174. The Morgan fingerprint density at radius 2 is 0.167 bits per heavy atom. The molecule has 0 aromatic heterocycles. The zero-order valence-corrected chi connectivity index (χ0v) is 102. The van der Waals surface area contributed by atoms with Gasteiger partial charge in [-0.1, -0.05) is 0 Å². The van der Waals surface area contributed by atoms with Gasteiger partial charge in [0.25, 0.3) is 0 Å². The van der Waals surface area contributed by atoms with Crippen LogP contribution < -0.4 is 28.4 Å². The van der Waals surface area contributed by atoms with Crippen molar-refractivity contribution in [1.82, 2.24) is 0 Å². The van der Waals surface area contributed by atoms with Gasteiger partial charge in [0.1, 0.15) is 34.5 Å². The summed E-state index contributed by atoms with van der Waals surface area (Å²) in [4.78, 5) is 0. The van der Waals surface area contributed by atoms with Crippen LogP contribution in [0.2, 0.25) is 0 Å². The van der Waals surface area contributed by atoms with E-state index in [1.165, 1.54) is 0 Å². The lowest BCUT2D eigenvalue weighted by Gasteiger charge is -2.37. The van der Waals surface area contributed by atoms with Gasteiger partial charge in [-0.15, -0.1) is 0 Å². The minimum absolute atomic E-state index is 0.305. The molecule has 6 aromatic rings. The number of ether oxygens (including phenoxy) is 6. The van der Waals surface area contributed by atoms with E-state index < -0.39 is 134 Å². The van der Waals surface area contributed by atoms with E-state index in [0.29, 0.717) is 208 Å². The van der Waals surface area contributed by atoms with E-state index in [2.05, 4.69) is 0 Å². The SMILES string of the molecule is CCOc1c(C(C)(C)O)c(C(C)(C)O)cc(C(C)(C)O)c1C(C)(C)O.CCOc1c(C(C)(C)O)c(C(C)(C)O)cc(C(C)(C)O)c1C(C)(C)O.CCOc1c(C(C)(C)O)c(C(C)(C)O)cc(C(C)(C)O)c1C(C)(C)O.CCOc1c(C(C)(C)O)c(C(C)(C)O)cc(C(C)(C)O)c1C(C)(C)O.CCOc1c(C(C)(C)O)c(C(C)(C)O)cc(C(C)(C)O)c1C(C)(C)O.CCOc1c(C(C)(C)O)c(C(C)(C)O)cc(C(C)(C)O)c1C(C)(C)O. The van der Waals surface area contributed by atoms with Crippen LogP contribution in [0, 0.1) is 0 Å². The van der Waals surface area contributed by atoms with Crippen molar-refractivity contribution in [1.29, 1.82) is 0 Å². The van der Waals surface area contributed by atoms with Crippen molar-refractivity contribution < 1.29 is 151 Å². The van der Waals surface area contributed by atoms with E-state index in [-0.39, 0.29) is 0 Å². The fraction of sp³-hybridized carbons (Fsp3) is 0.700. The first kappa shape index (κ1) is 141. The van der Waals surface area contributed by atoms with Crippen LogP contribution in [0.5, 0.6) is 34.5 Å². The van der Waals surface area contributed by atoms with Crippen LogP contribution in [0.15, 0.2) is 36.4 Å². The molecule has 0 atom stereocenters. The van der Waals surface area contributed by atoms with Gasteiger partial charge in [-0.05, 0) is 477 Å². The maximum absolute atomic E-state index is 10.8. The number of rotatable bonds is 36. The predicted octanol–water partition coefficient (Wildman–Crippen LogP) is 18.0. The van der Waals surface area contributed by atoms with Crippen molar-refractivity contribution in [3.63, 3.8) is 0 Å². The van der Waals surface area contributed by atoms with Crippen LogP contribution in [0.1, 0.15) is 507 Å². The second-order valence-electron chi connectivity index (χ2n) is 52.3. The summed E-state index contributed by atoms with van der Waals surface area (Å²) in [6.45, 7) is 90.1. The first-order valence-electron chi connectivity index (χ1n) is 52.0. The highest BCUT2D eigenvalue weighted by Gasteiger charge is 2.50. The average Bonchev–Trinajstić information content (AvgIpc) is 0.754. The van der Waals surface area contributed by atoms with E-state index >= 15 is 0 Å². The molecule has 0 heterocycles. The molecule has 0 amide bonds. The number of aliphatic hydroxyl groups is 24. The normalized spacial score (nSPS) is 14.0. The molecule has 0 aliphatic heterocycles. The molecule has 0 radical (unpaired) electrons. The molecule has 0 aliphatic carbocycles. The zero-order valence-electron chi connectivity index (χ0n) is 102. The average molecular weight is 2130 g/mol. The number of hydrogen-bond donors (Lipinski definition) is 24. The van der Waals surface area contributed by atoms with Gasteiger partial charge in [0.2, 0.25) is 0 Å². The Morgan fingerprint density at radius 3 is 0.200 bits per heavy atom. The summed E-state index contributed by atoms with van der Waals surface area (Å²) in [7, 11) is 0. The molecule has 0 fully saturated rings. The van der Waals surface area contributed by atoms with Crippen LogP contribution in [0.4, 0.5) is 0 Å². The summed E-state index contributed by atoms with van der Waals surface area (Å²) in [6, 6.07) is 9.94. The van der Waals surface area contributed by atoms with E-state index in [0.717, 1.165) is 0 Å². The maximum atomic E-state index is 10.8.